The molecule has 0 aliphatic carbocycles. The zero-order valence-corrected chi connectivity index (χ0v) is 15.5. The number of nitrogens with zero attached hydrogens (tertiary/aromatic N) is 2. The Morgan fingerprint density at radius 3 is 2.63 bits per heavy atom. The lowest BCUT2D eigenvalue weighted by Crippen LogP contribution is -2.40. The fourth-order valence-corrected chi connectivity index (χ4v) is 4.08. The van der Waals surface area contributed by atoms with Crippen molar-refractivity contribution in [1.29, 1.82) is 0 Å². The molecule has 0 fully saturated rings. The molecule has 0 spiro atoms. The molecule has 4 aromatic rings. The summed E-state index contributed by atoms with van der Waals surface area (Å²) in [7, 11) is 0. The van der Waals surface area contributed by atoms with Crippen molar-refractivity contribution in [1.82, 2.24) is 9.13 Å². The standard InChI is InChI=1S/C20H17N3O3S/c1-2-22-19(25)18-16(10-11-27-18)23(20(22)26)12-17(24)21-15-9-5-7-13-6-3-4-8-14(13)15/h3-11H,2,12H2,1H3,(H,21,24). The van der Waals surface area contributed by atoms with Crippen LogP contribution in [0.15, 0.2) is 63.5 Å². The molecule has 2 aromatic heterocycles. The summed E-state index contributed by atoms with van der Waals surface area (Å²) in [5, 5.41) is 6.59. The fraction of sp³-hybridized carbons (Fsp3) is 0.150. The number of aromatic nitrogens is 2. The lowest BCUT2D eigenvalue weighted by Gasteiger charge is -2.12. The molecule has 6 nitrogen and oxygen atoms in total. The van der Waals surface area contributed by atoms with E-state index in [0.717, 1.165) is 15.3 Å². The maximum absolute atomic E-state index is 12.7. The highest BCUT2D eigenvalue weighted by atomic mass is 32.1. The van der Waals surface area contributed by atoms with Gasteiger partial charge in [-0.25, -0.2) is 4.79 Å². The lowest BCUT2D eigenvalue weighted by molar-refractivity contribution is -0.116. The van der Waals surface area contributed by atoms with E-state index in [1.54, 1.807) is 18.4 Å². The van der Waals surface area contributed by atoms with Gasteiger partial charge in [0, 0.05) is 17.6 Å². The van der Waals surface area contributed by atoms with Gasteiger partial charge in [0.05, 0.1) is 5.52 Å². The average molecular weight is 379 g/mol. The highest BCUT2D eigenvalue weighted by molar-refractivity contribution is 7.17. The second-order valence-electron chi connectivity index (χ2n) is 6.13. The number of thiophene rings is 1. The Hall–Kier alpha value is -3.19. The Labute approximate surface area is 158 Å². The molecular formula is C20H17N3O3S. The van der Waals surface area contributed by atoms with Crippen molar-refractivity contribution >= 4 is 43.9 Å². The maximum Gasteiger partial charge on any atom is 0.331 e. The molecular weight excluding hydrogens is 362 g/mol. The Morgan fingerprint density at radius 1 is 1.04 bits per heavy atom. The Morgan fingerprint density at radius 2 is 1.81 bits per heavy atom. The first-order chi connectivity index (χ1) is 13.1. The van der Waals surface area contributed by atoms with Crippen LogP contribution in [0.25, 0.3) is 21.0 Å². The molecule has 0 radical (unpaired) electrons. The van der Waals surface area contributed by atoms with Gasteiger partial charge in [0.1, 0.15) is 11.2 Å². The van der Waals surface area contributed by atoms with E-state index in [-0.39, 0.29) is 24.6 Å². The van der Waals surface area contributed by atoms with Crippen LogP contribution in [0.4, 0.5) is 5.69 Å². The van der Waals surface area contributed by atoms with Crippen molar-refractivity contribution in [2.75, 3.05) is 5.32 Å². The number of hydrogen-bond acceptors (Lipinski definition) is 4. The Kier molecular flexibility index (Phi) is 4.37. The predicted molar refractivity (Wildman–Crippen MR) is 109 cm³/mol. The number of amides is 1. The second kappa shape index (κ2) is 6.85. The summed E-state index contributed by atoms with van der Waals surface area (Å²) in [6, 6.07) is 15.1. The summed E-state index contributed by atoms with van der Waals surface area (Å²) in [6.45, 7) is 1.84. The second-order valence-corrected chi connectivity index (χ2v) is 7.04. The fourth-order valence-electron chi connectivity index (χ4n) is 3.23. The quantitative estimate of drug-likeness (QED) is 0.592. The first-order valence-electron chi connectivity index (χ1n) is 8.58. The molecule has 4 rings (SSSR count). The smallest absolute Gasteiger partial charge is 0.324 e. The molecule has 0 bridgehead atoms. The van der Waals surface area contributed by atoms with Gasteiger partial charge in [-0.05, 0) is 29.8 Å². The molecule has 0 unspecified atom stereocenters. The van der Waals surface area contributed by atoms with Crippen LogP contribution < -0.4 is 16.6 Å². The van der Waals surface area contributed by atoms with E-state index >= 15 is 0 Å². The summed E-state index contributed by atoms with van der Waals surface area (Å²) < 4.78 is 3.00. The SMILES string of the molecule is CCn1c(=O)c2sccc2n(CC(=O)Nc2cccc3ccccc23)c1=O. The van der Waals surface area contributed by atoms with E-state index < -0.39 is 5.69 Å². The van der Waals surface area contributed by atoms with Crippen molar-refractivity contribution in [3.63, 3.8) is 0 Å². The zero-order chi connectivity index (χ0) is 19.0. The van der Waals surface area contributed by atoms with E-state index in [9.17, 15) is 14.4 Å². The predicted octanol–water partition coefficient (Wildman–Crippen LogP) is 3.04. The van der Waals surface area contributed by atoms with Gasteiger partial charge in [-0.3, -0.25) is 18.7 Å². The van der Waals surface area contributed by atoms with E-state index in [2.05, 4.69) is 5.32 Å². The number of hydrogen-bond donors (Lipinski definition) is 1. The molecule has 7 heteroatoms. The summed E-state index contributed by atoms with van der Waals surface area (Å²) >= 11 is 1.27. The van der Waals surface area contributed by atoms with Crippen LogP contribution in [0.1, 0.15) is 6.92 Å². The first-order valence-corrected chi connectivity index (χ1v) is 9.46. The monoisotopic (exact) mass is 379 g/mol. The van der Waals surface area contributed by atoms with Gasteiger partial charge >= 0.3 is 5.69 Å². The van der Waals surface area contributed by atoms with Crippen molar-refractivity contribution < 1.29 is 4.79 Å². The molecule has 0 saturated heterocycles. The van der Waals surface area contributed by atoms with Crippen molar-refractivity contribution in [3.05, 3.63) is 74.7 Å². The Bertz CT molecular complexity index is 1280. The van der Waals surface area contributed by atoms with E-state index in [4.69, 9.17) is 0 Å². The molecule has 1 N–H and O–H groups in total. The number of carbonyl (C=O) groups excluding carboxylic acids is 1. The van der Waals surface area contributed by atoms with E-state index in [1.165, 1.54) is 15.9 Å². The molecule has 2 heterocycles. The molecule has 27 heavy (non-hydrogen) atoms. The minimum absolute atomic E-state index is 0.157. The maximum atomic E-state index is 12.7. The number of rotatable bonds is 4. The topological polar surface area (TPSA) is 73.1 Å². The number of benzene rings is 2. The molecule has 0 aliphatic rings. The largest absolute Gasteiger partial charge is 0.331 e. The minimum atomic E-state index is -0.471. The number of carbonyl (C=O) groups is 1. The van der Waals surface area contributed by atoms with Gasteiger partial charge in [0.15, 0.2) is 0 Å². The van der Waals surface area contributed by atoms with Gasteiger partial charge < -0.3 is 5.32 Å². The number of fused-ring (bicyclic) bond motifs is 2. The summed E-state index contributed by atoms with van der Waals surface area (Å²) in [6.07, 6.45) is 0. The van der Waals surface area contributed by atoms with Gasteiger partial charge in [0.2, 0.25) is 5.91 Å². The van der Waals surface area contributed by atoms with Crippen LogP contribution in [0.5, 0.6) is 0 Å². The Balaban J connectivity index is 1.72. The average Bonchev–Trinajstić information content (AvgIpc) is 3.16. The first kappa shape index (κ1) is 17.2. The van der Waals surface area contributed by atoms with Gasteiger partial charge in [-0.15, -0.1) is 11.3 Å². The van der Waals surface area contributed by atoms with Crippen molar-refractivity contribution in [3.8, 4) is 0 Å². The number of anilines is 1. The van der Waals surface area contributed by atoms with Crippen LogP contribution in [-0.2, 0) is 17.9 Å². The molecule has 1 amide bonds. The van der Waals surface area contributed by atoms with Crippen LogP contribution in [0, 0.1) is 0 Å². The third-order valence-electron chi connectivity index (χ3n) is 4.52. The third kappa shape index (κ3) is 2.96. The highest BCUT2D eigenvalue weighted by Crippen LogP contribution is 2.23. The molecule has 136 valence electrons. The molecule has 2 aromatic carbocycles. The minimum Gasteiger partial charge on any atom is -0.324 e. The van der Waals surface area contributed by atoms with Crippen LogP contribution in [0.2, 0.25) is 0 Å². The lowest BCUT2D eigenvalue weighted by atomic mass is 10.1. The van der Waals surface area contributed by atoms with Crippen LogP contribution in [0.3, 0.4) is 0 Å². The van der Waals surface area contributed by atoms with Crippen molar-refractivity contribution in [2.24, 2.45) is 0 Å². The summed E-state index contributed by atoms with van der Waals surface area (Å²) in [4.78, 5) is 37.7. The third-order valence-corrected chi connectivity index (χ3v) is 5.41. The normalized spacial score (nSPS) is 11.1. The van der Waals surface area contributed by atoms with Gasteiger partial charge in [-0.2, -0.15) is 0 Å². The molecule has 0 atom stereocenters. The number of nitrogens with one attached hydrogen (secondary N) is 1. The molecule has 0 aliphatic heterocycles. The highest BCUT2D eigenvalue weighted by Gasteiger charge is 2.16. The zero-order valence-electron chi connectivity index (χ0n) is 14.6. The summed E-state index contributed by atoms with van der Waals surface area (Å²) in [5.41, 5.74) is 0.406. The van der Waals surface area contributed by atoms with Crippen LogP contribution >= 0.6 is 11.3 Å². The van der Waals surface area contributed by atoms with Gasteiger partial charge in [0.25, 0.3) is 5.56 Å². The van der Waals surface area contributed by atoms with E-state index in [1.807, 2.05) is 42.5 Å². The summed E-state index contributed by atoms with van der Waals surface area (Å²) in [5.74, 6) is -0.317. The molecule has 0 saturated carbocycles. The van der Waals surface area contributed by atoms with Crippen LogP contribution in [-0.4, -0.2) is 15.0 Å². The van der Waals surface area contributed by atoms with E-state index in [0.29, 0.717) is 15.9 Å². The van der Waals surface area contributed by atoms with Gasteiger partial charge in [-0.1, -0.05) is 36.4 Å². The van der Waals surface area contributed by atoms with Crippen molar-refractivity contribution in [2.45, 2.75) is 20.0 Å².